The van der Waals surface area contributed by atoms with E-state index in [9.17, 15) is 0 Å². The van der Waals surface area contributed by atoms with E-state index in [2.05, 4.69) is 187 Å². The smallest absolute Gasteiger partial charge is 0.0233 e. The van der Waals surface area contributed by atoms with E-state index in [-0.39, 0.29) is 0 Å². The lowest BCUT2D eigenvalue weighted by atomic mass is 9.76. The maximum absolute atomic E-state index is 2.48. The fourth-order valence-corrected chi connectivity index (χ4v) is 13.2. The Kier molecular flexibility index (Phi) is 30.3. The average Bonchev–Trinajstić information content (AvgIpc) is 3.49. The number of aryl methyl sites for hydroxylation is 12. The van der Waals surface area contributed by atoms with Crippen molar-refractivity contribution in [1.29, 1.82) is 0 Å². The quantitative estimate of drug-likeness (QED) is 0.0335. The van der Waals surface area contributed by atoms with E-state index >= 15 is 0 Å². The number of unbranched alkanes of at least 4 members (excludes halogenated alkanes) is 12. The van der Waals surface area contributed by atoms with Gasteiger partial charge in [0, 0.05) is 0 Å². The minimum Gasteiger partial charge on any atom is -0.0654 e. The molecule has 7 aromatic rings. The zero-order chi connectivity index (χ0) is 58.8. The molecular formula is C84H114. The summed E-state index contributed by atoms with van der Waals surface area (Å²) in [5, 5.41) is 0. The number of hydrogen-bond acceptors (Lipinski definition) is 0. The third kappa shape index (κ3) is 22.8. The van der Waals surface area contributed by atoms with Gasteiger partial charge in [-0.1, -0.05) is 264 Å². The highest BCUT2D eigenvalue weighted by Crippen LogP contribution is 2.36. The van der Waals surface area contributed by atoms with Crippen molar-refractivity contribution >= 4 is 0 Å². The molecule has 0 aliphatic rings. The van der Waals surface area contributed by atoms with Crippen LogP contribution in [-0.4, -0.2) is 0 Å². The zero-order valence-electron chi connectivity index (χ0n) is 54.3. The molecule has 0 saturated heterocycles. The van der Waals surface area contributed by atoms with E-state index in [0.29, 0.717) is 0 Å². The van der Waals surface area contributed by atoms with Crippen LogP contribution in [-0.2, 0) is 116 Å². The van der Waals surface area contributed by atoms with Crippen molar-refractivity contribution < 1.29 is 0 Å². The molecule has 0 bridgehead atoms. The highest BCUT2D eigenvalue weighted by molar-refractivity contribution is 5.55. The van der Waals surface area contributed by atoms with Gasteiger partial charge in [0.25, 0.3) is 0 Å². The van der Waals surface area contributed by atoms with Gasteiger partial charge in [0.1, 0.15) is 0 Å². The van der Waals surface area contributed by atoms with Crippen molar-refractivity contribution in [3.05, 3.63) is 246 Å². The normalized spacial score (nSPS) is 11.5. The van der Waals surface area contributed by atoms with Crippen LogP contribution in [0.1, 0.15) is 257 Å². The maximum atomic E-state index is 2.48. The van der Waals surface area contributed by atoms with Gasteiger partial charge in [-0.15, -0.1) is 0 Å². The molecule has 7 rings (SSSR count). The van der Waals surface area contributed by atoms with E-state index in [0.717, 1.165) is 77.0 Å². The SMILES string of the molecule is CCCCCc1ccc(CCc2c(CCc3ccc(CCCCC)cc3)c(CCc3ccc(CCCCC)cc3)c(CCc3ccc(CCCCC)cc3)c(CCc3ccc(CCCCC)cc3)c2CCc2ccc(CCCCC)cc2)cc1. The molecule has 84 heavy (non-hydrogen) atoms. The third-order valence-electron chi connectivity index (χ3n) is 18.7. The van der Waals surface area contributed by atoms with E-state index in [1.54, 1.807) is 33.4 Å². The van der Waals surface area contributed by atoms with Crippen LogP contribution < -0.4 is 0 Å². The number of rotatable bonds is 42. The van der Waals surface area contributed by atoms with Crippen molar-refractivity contribution in [2.45, 2.75) is 273 Å². The molecule has 0 heterocycles. The minimum absolute atomic E-state index is 1.07. The predicted molar refractivity (Wildman–Crippen MR) is 369 cm³/mol. The van der Waals surface area contributed by atoms with Crippen LogP contribution >= 0.6 is 0 Å². The van der Waals surface area contributed by atoms with Crippen molar-refractivity contribution in [1.82, 2.24) is 0 Å². The lowest BCUT2D eigenvalue weighted by Gasteiger charge is -2.28. The van der Waals surface area contributed by atoms with Gasteiger partial charge in [-0.25, -0.2) is 0 Å². The van der Waals surface area contributed by atoms with Gasteiger partial charge in [-0.2, -0.15) is 0 Å². The molecule has 0 fully saturated rings. The third-order valence-corrected chi connectivity index (χ3v) is 18.7. The zero-order valence-corrected chi connectivity index (χ0v) is 54.3. The van der Waals surface area contributed by atoms with E-state index in [1.807, 2.05) is 0 Å². The Balaban J connectivity index is 1.39. The Bertz CT molecular complexity index is 2300. The minimum atomic E-state index is 1.07. The van der Waals surface area contributed by atoms with Crippen molar-refractivity contribution in [2.24, 2.45) is 0 Å². The Morgan fingerprint density at radius 1 is 0.131 bits per heavy atom. The summed E-state index contributed by atoms with van der Waals surface area (Å²) in [6.07, 6.45) is 43.0. The fraction of sp³-hybridized carbons (Fsp3) is 0.500. The maximum Gasteiger partial charge on any atom is -0.0233 e. The summed E-state index contributed by atoms with van der Waals surface area (Å²) >= 11 is 0. The summed E-state index contributed by atoms with van der Waals surface area (Å²) in [6, 6.07) is 59.2. The first-order valence-electron chi connectivity index (χ1n) is 35.0. The highest BCUT2D eigenvalue weighted by Gasteiger charge is 2.24. The van der Waals surface area contributed by atoms with Crippen LogP contribution in [0.4, 0.5) is 0 Å². The molecule has 0 saturated carbocycles. The molecular weight excluding hydrogens is 1010 g/mol. The number of hydrogen-bond donors (Lipinski definition) is 0. The Hall–Kier alpha value is -5.46. The first-order valence-corrected chi connectivity index (χ1v) is 35.0. The standard InChI is InChI=1S/C84H114/c1-7-13-19-25-67-31-43-73(44-32-67)55-61-79-80(62-56-74-45-33-68(34-46-74)26-20-14-8-2)82(64-58-76-49-37-70(38-50-76)28-22-16-10-4)84(66-60-78-53-41-72(42-54-78)30-24-18-12-6)83(65-59-77-51-39-71(40-52-77)29-23-17-11-5)81(79)63-57-75-47-35-69(36-48-75)27-21-15-9-3/h31-54H,7-30,55-66H2,1-6H3. The second-order valence-corrected chi connectivity index (χ2v) is 25.5. The van der Waals surface area contributed by atoms with Crippen molar-refractivity contribution in [2.75, 3.05) is 0 Å². The predicted octanol–water partition coefficient (Wildman–Crippen LogP) is 22.8. The molecule has 0 radical (unpaired) electrons. The molecule has 450 valence electrons. The second kappa shape index (κ2) is 38.6. The molecule has 0 aliphatic carbocycles. The summed E-state index contributed by atoms with van der Waals surface area (Å²) in [5.41, 5.74) is 27.9. The second-order valence-electron chi connectivity index (χ2n) is 25.5. The van der Waals surface area contributed by atoms with Crippen LogP contribution in [0.25, 0.3) is 0 Å². The van der Waals surface area contributed by atoms with Crippen LogP contribution in [0.3, 0.4) is 0 Å². The van der Waals surface area contributed by atoms with Gasteiger partial charge in [0.15, 0.2) is 0 Å². The van der Waals surface area contributed by atoms with Crippen molar-refractivity contribution in [3.8, 4) is 0 Å². The van der Waals surface area contributed by atoms with Gasteiger partial charge in [0.05, 0.1) is 0 Å². The molecule has 0 aromatic heterocycles. The van der Waals surface area contributed by atoms with Gasteiger partial charge in [0.2, 0.25) is 0 Å². The molecule has 0 unspecified atom stereocenters. The van der Waals surface area contributed by atoms with Gasteiger partial charge in [-0.3, -0.25) is 0 Å². The molecule has 7 aromatic carbocycles. The summed E-state index contributed by atoms with van der Waals surface area (Å²) in [7, 11) is 0. The Morgan fingerprint density at radius 3 is 0.345 bits per heavy atom. The molecule has 0 N–H and O–H groups in total. The fourth-order valence-electron chi connectivity index (χ4n) is 13.2. The molecule has 0 aliphatic heterocycles. The first kappa shape index (κ1) is 66.1. The lowest BCUT2D eigenvalue weighted by molar-refractivity contribution is 0.716. The van der Waals surface area contributed by atoms with Gasteiger partial charge in [-0.05, 0) is 254 Å². The highest BCUT2D eigenvalue weighted by atomic mass is 14.3. The molecule has 0 amide bonds. The molecule has 0 heteroatoms. The van der Waals surface area contributed by atoms with Crippen LogP contribution in [0.5, 0.6) is 0 Å². The lowest BCUT2D eigenvalue weighted by Crippen LogP contribution is -2.18. The van der Waals surface area contributed by atoms with Gasteiger partial charge < -0.3 is 0 Å². The van der Waals surface area contributed by atoms with E-state index in [4.69, 9.17) is 0 Å². The Labute approximate surface area is 515 Å². The van der Waals surface area contributed by atoms with Crippen LogP contribution in [0.15, 0.2) is 146 Å². The summed E-state index contributed by atoms with van der Waals surface area (Å²) in [4.78, 5) is 0. The average molecular weight is 1120 g/mol. The topological polar surface area (TPSA) is 0 Å². The summed E-state index contributed by atoms with van der Waals surface area (Å²) < 4.78 is 0. The van der Waals surface area contributed by atoms with Gasteiger partial charge >= 0.3 is 0 Å². The van der Waals surface area contributed by atoms with Crippen molar-refractivity contribution in [3.63, 3.8) is 0 Å². The molecule has 0 nitrogen and oxygen atoms in total. The Morgan fingerprint density at radius 2 is 0.238 bits per heavy atom. The van der Waals surface area contributed by atoms with E-state index in [1.165, 1.54) is 221 Å². The van der Waals surface area contributed by atoms with Crippen LogP contribution in [0.2, 0.25) is 0 Å². The summed E-state index contributed by atoms with van der Waals surface area (Å²) in [5.74, 6) is 0. The monoisotopic (exact) mass is 1120 g/mol. The molecule has 0 atom stereocenters. The molecule has 0 spiro atoms. The first-order chi connectivity index (χ1) is 41.4. The number of benzene rings is 7. The summed E-state index contributed by atoms with van der Waals surface area (Å²) in [6.45, 7) is 13.9. The largest absolute Gasteiger partial charge is 0.0654 e. The van der Waals surface area contributed by atoms with E-state index < -0.39 is 0 Å². The van der Waals surface area contributed by atoms with Crippen LogP contribution in [0, 0.1) is 0 Å².